The van der Waals surface area contributed by atoms with Crippen molar-refractivity contribution in [3.63, 3.8) is 0 Å². The molecule has 0 saturated carbocycles. The van der Waals surface area contributed by atoms with Crippen molar-refractivity contribution >= 4 is 34.6 Å². The predicted octanol–water partition coefficient (Wildman–Crippen LogP) is 2.21. The van der Waals surface area contributed by atoms with Gasteiger partial charge in [-0.15, -0.1) is 0 Å². The van der Waals surface area contributed by atoms with E-state index in [-0.39, 0.29) is 16.7 Å². The van der Waals surface area contributed by atoms with Gasteiger partial charge in [-0.2, -0.15) is 0 Å². The molecular formula is C11H13N3O3S. The van der Waals surface area contributed by atoms with Gasteiger partial charge in [0.25, 0.3) is 5.69 Å². The lowest BCUT2D eigenvalue weighted by Gasteiger charge is -2.08. The molecule has 0 aliphatic carbocycles. The van der Waals surface area contributed by atoms with E-state index in [1.54, 1.807) is 0 Å². The van der Waals surface area contributed by atoms with Crippen molar-refractivity contribution < 1.29 is 9.72 Å². The van der Waals surface area contributed by atoms with E-state index in [1.165, 1.54) is 24.3 Å². The number of anilines is 1. The molecule has 96 valence electrons. The second-order valence-corrected chi connectivity index (χ2v) is 3.96. The summed E-state index contributed by atoms with van der Waals surface area (Å²) in [6.07, 6.45) is 1.15. The Balaban J connectivity index is 2.54. The molecule has 0 aliphatic rings. The highest BCUT2D eigenvalue weighted by atomic mass is 32.1. The number of nitro benzene ring substituents is 1. The number of rotatable bonds is 4. The van der Waals surface area contributed by atoms with Crippen LogP contribution in [0.3, 0.4) is 0 Å². The molecule has 0 aromatic heterocycles. The molecule has 0 saturated heterocycles. The molecule has 0 radical (unpaired) electrons. The maximum absolute atomic E-state index is 11.3. The number of benzene rings is 1. The Morgan fingerprint density at radius 2 is 2.00 bits per heavy atom. The monoisotopic (exact) mass is 267 g/mol. The third kappa shape index (κ3) is 4.46. The van der Waals surface area contributed by atoms with Gasteiger partial charge in [-0.3, -0.25) is 14.9 Å². The maximum atomic E-state index is 11.3. The van der Waals surface area contributed by atoms with Gasteiger partial charge in [0, 0.05) is 24.2 Å². The molecule has 0 heterocycles. The predicted molar refractivity (Wildman–Crippen MR) is 72.4 cm³/mol. The van der Waals surface area contributed by atoms with Crippen molar-refractivity contribution in [2.45, 2.75) is 19.8 Å². The van der Waals surface area contributed by atoms with E-state index in [2.05, 4.69) is 10.6 Å². The van der Waals surface area contributed by atoms with Crippen molar-refractivity contribution in [2.24, 2.45) is 0 Å². The van der Waals surface area contributed by atoms with Gasteiger partial charge in [-0.1, -0.05) is 6.92 Å². The van der Waals surface area contributed by atoms with Crippen LogP contribution >= 0.6 is 12.2 Å². The highest BCUT2D eigenvalue weighted by molar-refractivity contribution is 7.80. The summed E-state index contributed by atoms with van der Waals surface area (Å²) in [5.41, 5.74) is 0.587. The zero-order valence-electron chi connectivity index (χ0n) is 9.80. The molecule has 1 aromatic rings. The molecule has 0 aliphatic heterocycles. The molecule has 0 atom stereocenters. The lowest BCUT2D eigenvalue weighted by molar-refractivity contribution is -0.384. The van der Waals surface area contributed by atoms with E-state index < -0.39 is 4.92 Å². The Hall–Kier alpha value is -2.02. The van der Waals surface area contributed by atoms with E-state index in [9.17, 15) is 14.9 Å². The van der Waals surface area contributed by atoms with Crippen LogP contribution in [0.2, 0.25) is 0 Å². The van der Waals surface area contributed by atoms with Gasteiger partial charge in [0.2, 0.25) is 5.91 Å². The highest BCUT2D eigenvalue weighted by Gasteiger charge is 2.06. The smallest absolute Gasteiger partial charge is 0.269 e. The van der Waals surface area contributed by atoms with Crippen molar-refractivity contribution in [2.75, 3.05) is 5.32 Å². The van der Waals surface area contributed by atoms with Crippen LogP contribution in [0.4, 0.5) is 11.4 Å². The normalized spacial score (nSPS) is 9.61. The van der Waals surface area contributed by atoms with Crippen LogP contribution < -0.4 is 10.6 Å². The van der Waals surface area contributed by atoms with Crippen LogP contribution in [0.5, 0.6) is 0 Å². The molecule has 1 amide bonds. The molecule has 0 fully saturated rings. The Labute approximate surface area is 110 Å². The van der Waals surface area contributed by atoms with Gasteiger partial charge in [0.15, 0.2) is 5.11 Å². The highest BCUT2D eigenvalue weighted by Crippen LogP contribution is 2.15. The van der Waals surface area contributed by atoms with Crippen LogP contribution in [0.25, 0.3) is 0 Å². The number of nitrogens with one attached hydrogen (secondary N) is 2. The lowest BCUT2D eigenvalue weighted by Crippen LogP contribution is -2.33. The summed E-state index contributed by atoms with van der Waals surface area (Å²) in [5.74, 6) is -0.156. The first-order valence-electron chi connectivity index (χ1n) is 5.38. The van der Waals surface area contributed by atoms with Crippen LogP contribution in [0.15, 0.2) is 24.3 Å². The average molecular weight is 267 g/mol. The third-order valence-electron chi connectivity index (χ3n) is 2.07. The van der Waals surface area contributed by atoms with Crippen molar-refractivity contribution in [1.82, 2.24) is 5.32 Å². The summed E-state index contributed by atoms with van der Waals surface area (Å²) in [6, 6.07) is 5.77. The molecule has 6 nitrogen and oxygen atoms in total. The van der Waals surface area contributed by atoms with Crippen molar-refractivity contribution in [1.29, 1.82) is 0 Å². The molecule has 1 rings (SSSR count). The Kier molecular flexibility index (Phi) is 5.19. The Bertz CT molecular complexity index is 459. The maximum Gasteiger partial charge on any atom is 0.269 e. The van der Waals surface area contributed by atoms with E-state index in [4.69, 9.17) is 12.2 Å². The number of nitro groups is 1. The molecule has 0 spiro atoms. The summed E-state index contributed by atoms with van der Waals surface area (Å²) in [5, 5.41) is 15.9. The second-order valence-electron chi connectivity index (χ2n) is 3.56. The number of carbonyl (C=O) groups is 1. The summed E-state index contributed by atoms with van der Waals surface area (Å²) >= 11 is 4.93. The molecule has 18 heavy (non-hydrogen) atoms. The first kappa shape index (κ1) is 14.0. The van der Waals surface area contributed by atoms with Gasteiger partial charge in [-0.05, 0) is 30.8 Å². The van der Waals surface area contributed by atoms with E-state index in [1.807, 2.05) is 6.92 Å². The van der Waals surface area contributed by atoms with Gasteiger partial charge in [0.05, 0.1) is 4.92 Å². The number of amides is 1. The zero-order chi connectivity index (χ0) is 13.5. The first-order valence-corrected chi connectivity index (χ1v) is 5.79. The number of carbonyl (C=O) groups excluding carboxylic acids is 1. The number of nitrogens with zero attached hydrogens (tertiary/aromatic N) is 1. The summed E-state index contributed by atoms with van der Waals surface area (Å²) in [7, 11) is 0. The van der Waals surface area contributed by atoms with Crippen LogP contribution in [-0.2, 0) is 4.79 Å². The quantitative estimate of drug-likeness (QED) is 0.496. The van der Waals surface area contributed by atoms with E-state index >= 15 is 0 Å². The molecule has 0 unspecified atom stereocenters. The molecule has 0 bridgehead atoms. The fourth-order valence-electron chi connectivity index (χ4n) is 1.25. The number of hydrogen-bond acceptors (Lipinski definition) is 4. The number of hydrogen-bond donors (Lipinski definition) is 2. The average Bonchev–Trinajstić information content (AvgIpc) is 2.29. The summed E-state index contributed by atoms with van der Waals surface area (Å²) in [4.78, 5) is 21.2. The summed E-state index contributed by atoms with van der Waals surface area (Å²) < 4.78 is 0. The van der Waals surface area contributed by atoms with Gasteiger partial charge < -0.3 is 10.6 Å². The van der Waals surface area contributed by atoms with Crippen molar-refractivity contribution in [3.8, 4) is 0 Å². The Morgan fingerprint density at radius 1 is 1.39 bits per heavy atom. The molecule has 2 N–H and O–H groups in total. The van der Waals surface area contributed by atoms with Crippen LogP contribution in [-0.4, -0.2) is 15.9 Å². The number of non-ortho nitro benzene ring substituents is 1. The minimum Gasteiger partial charge on any atom is -0.332 e. The van der Waals surface area contributed by atoms with Crippen LogP contribution in [0.1, 0.15) is 19.8 Å². The van der Waals surface area contributed by atoms with E-state index in [0.717, 1.165) is 6.42 Å². The minimum atomic E-state index is -0.481. The second kappa shape index (κ2) is 6.65. The number of thiocarbonyl (C=S) groups is 1. The molecule has 1 aromatic carbocycles. The SMILES string of the molecule is CCCC(=O)NC(=S)Nc1ccc([N+](=O)[O-])cc1. The fourth-order valence-corrected chi connectivity index (χ4v) is 1.48. The van der Waals surface area contributed by atoms with Gasteiger partial charge >= 0.3 is 0 Å². The van der Waals surface area contributed by atoms with Gasteiger partial charge in [-0.25, -0.2) is 0 Å². The van der Waals surface area contributed by atoms with E-state index in [0.29, 0.717) is 12.1 Å². The zero-order valence-corrected chi connectivity index (χ0v) is 10.6. The van der Waals surface area contributed by atoms with Crippen molar-refractivity contribution in [3.05, 3.63) is 34.4 Å². The standard InChI is InChI=1S/C11H13N3O3S/c1-2-3-10(15)13-11(18)12-8-4-6-9(7-5-8)14(16)17/h4-7H,2-3H2,1H3,(H2,12,13,15,18). The first-order chi connectivity index (χ1) is 8.52. The summed E-state index contributed by atoms with van der Waals surface area (Å²) in [6.45, 7) is 1.90. The molecule has 7 heteroatoms. The topological polar surface area (TPSA) is 84.3 Å². The Morgan fingerprint density at radius 3 is 2.50 bits per heavy atom. The van der Waals surface area contributed by atoms with Gasteiger partial charge in [0.1, 0.15) is 0 Å². The molecular weight excluding hydrogens is 254 g/mol. The largest absolute Gasteiger partial charge is 0.332 e. The van der Waals surface area contributed by atoms with Crippen LogP contribution in [0, 0.1) is 10.1 Å². The minimum absolute atomic E-state index is 0.00138. The fraction of sp³-hybridized carbons (Fsp3) is 0.273. The third-order valence-corrected chi connectivity index (χ3v) is 2.27. The lowest BCUT2D eigenvalue weighted by atomic mass is 10.3.